The monoisotopic (exact) mass is 355 g/mol. The van der Waals surface area contributed by atoms with E-state index in [1.807, 2.05) is 4.90 Å². The van der Waals surface area contributed by atoms with Gasteiger partial charge >= 0.3 is 0 Å². The van der Waals surface area contributed by atoms with Crippen LogP contribution in [0.15, 0.2) is 0 Å². The number of piperazine rings is 1. The molecule has 1 aliphatic carbocycles. The van der Waals surface area contributed by atoms with Crippen molar-refractivity contribution in [3.8, 4) is 0 Å². The summed E-state index contributed by atoms with van der Waals surface area (Å²) < 4.78 is 10.1. The van der Waals surface area contributed by atoms with Crippen LogP contribution in [-0.4, -0.2) is 74.9 Å². The van der Waals surface area contributed by atoms with Gasteiger partial charge in [0.1, 0.15) is 6.61 Å². The van der Waals surface area contributed by atoms with E-state index in [1.165, 1.54) is 0 Å². The van der Waals surface area contributed by atoms with Crippen LogP contribution in [0.2, 0.25) is 0 Å². The van der Waals surface area contributed by atoms with Gasteiger partial charge < -0.3 is 25.0 Å². The zero-order valence-electron chi connectivity index (χ0n) is 15.8. The number of ether oxygens (including phenoxy) is 2. The minimum absolute atomic E-state index is 0.0679. The van der Waals surface area contributed by atoms with Gasteiger partial charge in [0.15, 0.2) is 0 Å². The Hall–Kier alpha value is -1.18. The average molecular weight is 355 g/mol. The largest absolute Gasteiger partial charge is 0.382 e. The molecule has 25 heavy (non-hydrogen) atoms. The van der Waals surface area contributed by atoms with Crippen molar-refractivity contribution in [2.75, 3.05) is 40.0 Å². The van der Waals surface area contributed by atoms with Crippen molar-refractivity contribution in [3.05, 3.63) is 0 Å². The van der Waals surface area contributed by atoms with Crippen molar-refractivity contribution in [2.45, 2.75) is 57.7 Å². The third kappa shape index (κ3) is 5.94. The first-order chi connectivity index (χ1) is 12.0. The second-order valence-corrected chi connectivity index (χ2v) is 7.18. The number of nitrogens with zero attached hydrogens (tertiary/aromatic N) is 1. The molecule has 2 unspecified atom stereocenters. The number of hydrogen-bond donors (Lipinski definition) is 2. The summed E-state index contributed by atoms with van der Waals surface area (Å²) in [5, 5.41) is 6.42. The van der Waals surface area contributed by atoms with Gasteiger partial charge in [0.2, 0.25) is 11.8 Å². The Balaban J connectivity index is 1.70. The van der Waals surface area contributed by atoms with E-state index in [9.17, 15) is 9.59 Å². The number of hydrogen-bond acceptors (Lipinski definition) is 5. The number of methoxy groups -OCH3 is 1. The van der Waals surface area contributed by atoms with Gasteiger partial charge in [-0.15, -0.1) is 0 Å². The molecule has 0 radical (unpaired) electrons. The first-order valence-electron chi connectivity index (χ1n) is 9.42. The molecule has 7 nitrogen and oxygen atoms in total. The molecule has 2 fully saturated rings. The van der Waals surface area contributed by atoms with Crippen LogP contribution in [0.5, 0.6) is 0 Å². The summed E-state index contributed by atoms with van der Waals surface area (Å²) in [6.45, 7) is 6.88. The van der Waals surface area contributed by atoms with Crippen LogP contribution in [0.1, 0.15) is 39.5 Å². The van der Waals surface area contributed by atoms with Gasteiger partial charge in [-0.2, -0.15) is 0 Å². The summed E-state index contributed by atoms with van der Waals surface area (Å²) in [6.07, 6.45) is 3.41. The molecule has 0 aromatic rings. The zero-order chi connectivity index (χ0) is 18.2. The van der Waals surface area contributed by atoms with Gasteiger partial charge in [-0.1, -0.05) is 0 Å². The van der Waals surface area contributed by atoms with Crippen molar-refractivity contribution in [2.24, 2.45) is 5.92 Å². The van der Waals surface area contributed by atoms with E-state index in [0.717, 1.165) is 38.8 Å². The number of carbonyl (C=O) groups excluding carboxylic acids is 2. The highest BCUT2D eigenvalue weighted by Gasteiger charge is 2.34. The second-order valence-electron chi connectivity index (χ2n) is 7.18. The van der Waals surface area contributed by atoms with Crippen LogP contribution in [-0.2, 0) is 19.1 Å². The van der Waals surface area contributed by atoms with Gasteiger partial charge in [-0.25, -0.2) is 0 Å². The summed E-state index contributed by atoms with van der Waals surface area (Å²) >= 11 is 0. The minimum atomic E-state index is -0.0876. The molecule has 2 atom stereocenters. The smallest absolute Gasteiger partial charge is 0.246 e. The number of carbonyl (C=O) groups is 2. The van der Waals surface area contributed by atoms with E-state index in [2.05, 4.69) is 24.5 Å². The molecule has 0 bridgehead atoms. The van der Waals surface area contributed by atoms with Crippen molar-refractivity contribution in [3.63, 3.8) is 0 Å². The van der Waals surface area contributed by atoms with E-state index in [4.69, 9.17) is 9.47 Å². The Morgan fingerprint density at radius 2 is 1.88 bits per heavy atom. The molecule has 1 saturated carbocycles. The van der Waals surface area contributed by atoms with E-state index >= 15 is 0 Å². The molecule has 1 heterocycles. The highest BCUT2D eigenvalue weighted by Crippen LogP contribution is 2.27. The lowest BCUT2D eigenvalue weighted by molar-refractivity contribution is -0.140. The molecule has 7 heteroatoms. The maximum atomic E-state index is 12.8. The fourth-order valence-corrected chi connectivity index (χ4v) is 3.66. The summed E-state index contributed by atoms with van der Waals surface area (Å²) in [5.74, 6) is 0.294. The molecule has 144 valence electrons. The van der Waals surface area contributed by atoms with Crippen molar-refractivity contribution in [1.29, 1.82) is 0 Å². The van der Waals surface area contributed by atoms with E-state index < -0.39 is 0 Å². The first kappa shape index (κ1) is 20.1. The minimum Gasteiger partial charge on any atom is -0.382 e. The topological polar surface area (TPSA) is 79.9 Å². The maximum Gasteiger partial charge on any atom is 0.246 e. The lowest BCUT2D eigenvalue weighted by Crippen LogP contribution is -2.58. The average Bonchev–Trinajstić information content (AvgIpc) is 2.61. The van der Waals surface area contributed by atoms with Crippen LogP contribution in [0.4, 0.5) is 0 Å². The number of amides is 2. The van der Waals surface area contributed by atoms with Gasteiger partial charge in [0.25, 0.3) is 0 Å². The Bertz CT molecular complexity index is 438. The van der Waals surface area contributed by atoms with Crippen molar-refractivity contribution >= 4 is 11.8 Å². The molecule has 1 saturated heterocycles. The van der Waals surface area contributed by atoms with Gasteiger partial charge in [-0.05, 0) is 39.5 Å². The molecule has 0 aromatic heterocycles. The Morgan fingerprint density at radius 3 is 2.56 bits per heavy atom. The van der Waals surface area contributed by atoms with Gasteiger partial charge in [0.05, 0.1) is 13.2 Å². The normalized spacial score (nSPS) is 30.1. The predicted octanol–water partition coefficient (Wildman–Crippen LogP) is 0.533. The standard InChI is InChI=1S/C18H33N3O4/c1-13-14(2)21(9-8-19-13)18(23)15-4-6-16(7-5-15)20-17(22)12-25-11-10-24-3/h13-16,19H,4-12H2,1-3H3,(H,20,22). The predicted molar refractivity (Wildman–Crippen MR) is 95.2 cm³/mol. The molecular weight excluding hydrogens is 322 g/mol. The van der Waals surface area contributed by atoms with Gasteiger partial charge in [0, 0.05) is 44.2 Å². The second kappa shape index (κ2) is 10.1. The van der Waals surface area contributed by atoms with E-state index in [-0.39, 0.29) is 36.4 Å². The Kier molecular flexibility index (Phi) is 8.12. The maximum absolute atomic E-state index is 12.8. The summed E-state index contributed by atoms with van der Waals surface area (Å²) in [5.41, 5.74) is 0. The SMILES string of the molecule is COCCOCC(=O)NC1CCC(C(=O)N2CCNC(C)C2C)CC1. The first-order valence-corrected chi connectivity index (χ1v) is 9.42. The molecule has 1 aliphatic heterocycles. The third-order valence-electron chi connectivity index (χ3n) is 5.42. The number of nitrogens with one attached hydrogen (secondary N) is 2. The van der Waals surface area contributed by atoms with Crippen molar-refractivity contribution in [1.82, 2.24) is 15.5 Å². The molecule has 2 rings (SSSR count). The quantitative estimate of drug-likeness (QED) is 0.652. The summed E-state index contributed by atoms with van der Waals surface area (Å²) in [7, 11) is 1.60. The molecule has 2 aliphatic rings. The van der Waals surface area contributed by atoms with Gasteiger partial charge in [-0.3, -0.25) is 9.59 Å². The molecule has 2 N–H and O–H groups in total. The highest BCUT2D eigenvalue weighted by molar-refractivity contribution is 5.80. The molecular formula is C18H33N3O4. The summed E-state index contributed by atoms with van der Waals surface area (Å²) in [6, 6.07) is 0.733. The highest BCUT2D eigenvalue weighted by atomic mass is 16.5. The Labute approximate surface area is 150 Å². The van der Waals surface area contributed by atoms with Crippen LogP contribution in [0.25, 0.3) is 0 Å². The fourth-order valence-electron chi connectivity index (χ4n) is 3.66. The van der Waals surface area contributed by atoms with Crippen LogP contribution < -0.4 is 10.6 Å². The fraction of sp³-hybridized carbons (Fsp3) is 0.889. The van der Waals surface area contributed by atoms with Crippen molar-refractivity contribution < 1.29 is 19.1 Å². The molecule has 0 spiro atoms. The Morgan fingerprint density at radius 1 is 1.16 bits per heavy atom. The lowest BCUT2D eigenvalue weighted by atomic mass is 9.84. The van der Waals surface area contributed by atoms with E-state index in [1.54, 1.807) is 7.11 Å². The summed E-state index contributed by atoms with van der Waals surface area (Å²) in [4.78, 5) is 26.7. The third-order valence-corrected chi connectivity index (χ3v) is 5.42. The zero-order valence-corrected chi connectivity index (χ0v) is 15.8. The van der Waals surface area contributed by atoms with Crippen LogP contribution in [0, 0.1) is 5.92 Å². The molecule has 2 amide bonds. The lowest BCUT2D eigenvalue weighted by Gasteiger charge is -2.41. The van der Waals surface area contributed by atoms with Crippen LogP contribution in [0.3, 0.4) is 0 Å². The van der Waals surface area contributed by atoms with E-state index in [0.29, 0.717) is 19.3 Å². The van der Waals surface area contributed by atoms with Crippen LogP contribution >= 0.6 is 0 Å². The number of rotatable bonds is 7. The molecule has 0 aromatic carbocycles.